The Labute approximate surface area is 110 Å². The number of amides is 1. The molecular weight excluding hydrogens is 248 g/mol. The number of nitrogens with one attached hydrogen (secondary N) is 1. The van der Waals surface area contributed by atoms with Crippen molar-refractivity contribution in [2.45, 2.75) is 13.3 Å². The van der Waals surface area contributed by atoms with Crippen LogP contribution in [0.5, 0.6) is 0 Å². The summed E-state index contributed by atoms with van der Waals surface area (Å²) >= 11 is 0. The van der Waals surface area contributed by atoms with Gasteiger partial charge in [-0.3, -0.25) is 4.79 Å². The number of carbonyl (C=O) groups excluding carboxylic acids is 1. The average molecular weight is 264 g/mol. The number of carboxylic acid groups (broad SMARTS) is 1. The molecule has 1 amide bonds. The first-order valence-electron chi connectivity index (χ1n) is 6.05. The number of ether oxygens (including phenoxy) is 1. The van der Waals surface area contributed by atoms with Gasteiger partial charge in [0.15, 0.2) is 0 Å². The zero-order valence-electron chi connectivity index (χ0n) is 10.7. The Morgan fingerprint density at radius 2 is 2.32 bits per heavy atom. The van der Waals surface area contributed by atoms with Gasteiger partial charge in [0.05, 0.1) is 12.2 Å². The molecule has 2 rings (SSSR count). The van der Waals surface area contributed by atoms with Crippen molar-refractivity contribution >= 4 is 11.9 Å². The fraction of sp³-hybridized carbons (Fsp3) is 0.462. The van der Waals surface area contributed by atoms with Crippen LogP contribution in [0.25, 0.3) is 0 Å². The molecule has 1 fully saturated rings. The fourth-order valence-electron chi connectivity index (χ4n) is 1.90. The van der Waals surface area contributed by atoms with Crippen LogP contribution in [-0.4, -0.2) is 41.7 Å². The normalized spacial score (nSPS) is 22.2. The summed E-state index contributed by atoms with van der Waals surface area (Å²) in [6, 6.07) is 2.77. The molecule has 0 radical (unpaired) electrons. The molecule has 2 N–H and O–H groups in total. The van der Waals surface area contributed by atoms with E-state index in [-0.39, 0.29) is 17.0 Å². The molecule has 0 spiro atoms. The Hall–Kier alpha value is -1.95. The van der Waals surface area contributed by atoms with Crippen molar-refractivity contribution in [2.75, 3.05) is 19.8 Å². The van der Waals surface area contributed by atoms with Gasteiger partial charge in [0.1, 0.15) is 5.69 Å². The van der Waals surface area contributed by atoms with Gasteiger partial charge in [0.2, 0.25) is 0 Å². The minimum atomic E-state index is -1.11. The highest BCUT2D eigenvalue weighted by Gasteiger charge is 2.30. The van der Waals surface area contributed by atoms with Crippen LogP contribution in [0.2, 0.25) is 0 Å². The monoisotopic (exact) mass is 264 g/mol. The van der Waals surface area contributed by atoms with E-state index in [1.54, 1.807) is 0 Å². The Morgan fingerprint density at radius 1 is 1.53 bits per heavy atom. The van der Waals surface area contributed by atoms with Crippen LogP contribution in [0, 0.1) is 5.41 Å². The number of aromatic carboxylic acids is 1. The molecule has 19 heavy (non-hydrogen) atoms. The van der Waals surface area contributed by atoms with Crippen LogP contribution < -0.4 is 5.32 Å². The summed E-state index contributed by atoms with van der Waals surface area (Å²) in [7, 11) is 0. The van der Waals surface area contributed by atoms with Crippen LogP contribution in [0.15, 0.2) is 18.3 Å². The van der Waals surface area contributed by atoms with Crippen molar-refractivity contribution in [1.82, 2.24) is 10.3 Å². The van der Waals surface area contributed by atoms with Crippen LogP contribution in [0.4, 0.5) is 0 Å². The molecule has 1 aromatic heterocycles. The second kappa shape index (κ2) is 5.36. The molecule has 0 saturated carbocycles. The highest BCUT2D eigenvalue weighted by Crippen LogP contribution is 2.26. The Kier molecular flexibility index (Phi) is 3.80. The number of carboxylic acids is 1. The number of pyridine rings is 1. The zero-order chi connectivity index (χ0) is 13.9. The van der Waals surface area contributed by atoms with Gasteiger partial charge in [-0.15, -0.1) is 0 Å². The van der Waals surface area contributed by atoms with Gasteiger partial charge >= 0.3 is 5.97 Å². The van der Waals surface area contributed by atoms with Crippen molar-refractivity contribution in [3.05, 3.63) is 29.6 Å². The predicted octanol–water partition coefficient (Wildman–Crippen LogP) is 0.936. The van der Waals surface area contributed by atoms with Crippen molar-refractivity contribution < 1.29 is 19.4 Å². The second-order valence-electron chi connectivity index (χ2n) is 5.03. The van der Waals surface area contributed by atoms with Crippen LogP contribution in [0.1, 0.15) is 34.2 Å². The van der Waals surface area contributed by atoms with Crippen LogP contribution >= 0.6 is 0 Å². The molecule has 1 aliphatic heterocycles. The third-order valence-electron chi connectivity index (χ3n) is 3.22. The Balaban J connectivity index is 1.94. The van der Waals surface area contributed by atoms with Crippen LogP contribution in [-0.2, 0) is 4.74 Å². The van der Waals surface area contributed by atoms with Gasteiger partial charge in [-0.1, -0.05) is 6.92 Å². The summed E-state index contributed by atoms with van der Waals surface area (Å²) in [6.07, 6.45) is 2.19. The molecule has 1 aliphatic rings. The minimum Gasteiger partial charge on any atom is -0.477 e. The molecule has 1 atom stereocenters. The molecule has 1 unspecified atom stereocenters. The smallest absolute Gasteiger partial charge is 0.354 e. The maximum atomic E-state index is 11.9. The maximum Gasteiger partial charge on any atom is 0.354 e. The number of carbonyl (C=O) groups is 2. The number of nitrogens with zero attached hydrogens (tertiary/aromatic N) is 1. The first-order chi connectivity index (χ1) is 9.00. The molecule has 6 nitrogen and oxygen atoms in total. The SMILES string of the molecule is CC1(CNC(=O)c2ccc(C(=O)O)nc2)CCOC1. The molecule has 0 aromatic carbocycles. The highest BCUT2D eigenvalue weighted by molar-refractivity contribution is 5.94. The molecule has 0 aliphatic carbocycles. The standard InChI is InChI=1S/C13H16N2O4/c1-13(4-5-19-8-13)7-15-11(16)9-2-3-10(12(17)18)14-6-9/h2-3,6H,4-5,7-8H2,1H3,(H,15,16)(H,17,18). The van der Waals surface area contributed by atoms with Gasteiger partial charge < -0.3 is 15.2 Å². The summed E-state index contributed by atoms with van der Waals surface area (Å²) in [5.74, 6) is -1.36. The molecule has 1 aromatic rings. The lowest BCUT2D eigenvalue weighted by atomic mass is 9.90. The second-order valence-corrected chi connectivity index (χ2v) is 5.03. The number of hydrogen-bond donors (Lipinski definition) is 2. The van der Waals surface area contributed by atoms with E-state index in [0.717, 1.165) is 13.0 Å². The third kappa shape index (κ3) is 3.29. The first-order valence-corrected chi connectivity index (χ1v) is 6.05. The summed E-state index contributed by atoms with van der Waals surface area (Å²) in [4.78, 5) is 26.2. The fourth-order valence-corrected chi connectivity index (χ4v) is 1.90. The van der Waals surface area contributed by atoms with E-state index in [2.05, 4.69) is 17.2 Å². The maximum absolute atomic E-state index is 11.9. The van der Waals surface area contributed by atoms with Gasteiger partial charge in [0.25, 0.3) is 5.91 Å². The molecular formula is C13H16N2O4. The van der Waals surface area contributed by atoms with Gasteiger partial charge in [0, 0.05) is 24.8 Å². The average Bonchev–Trinajstić information content (AvgIpc) is 2.83. The lowest BCUT2D eigenvalue weighted by Crippen LogP contribution is -2.36. The van der Waals surface area contributed by atoms with Crippen LogP contribution in [0.3, 0.4) is 0 Å². The van der Waals surface area contributed by atoms with Gasteiger partial charge in [-0.25, -0.2) is 9.78 Å². The molecule has 6 heteroatoms. The molecule has 0 bridgehead atoms. The Bertz CT molecular complexity index is 478. The van der Waals surface area contributed by atoms with E-state index in [4.69, 9.17) is 9.84 Å². The topological polar surface area (TPSA) is 88.5 Å². The zero-order valence-corrected chi connectivity index (χ0v) is 10.7. The molecule has 1 saturated heterocycles. The number of aromatic nitrogens is 1. The molecule has 102 valence electrons. The quantitative estimate of drug-likeness (QED) is 0.844. The molecule has 2 heterocycles. The van der Waals surface area contributed by atoms with E-state index in [9.17, 15) is 9.59 Å². The summed E-state index contributed by atoms with van der Waals surface area (Å²) in [5, 5.41) is 11.5. The third-order valence-corrected chi connectivity index (χ3v) is 3.22. The van der Waals surface area contributed by atoms with Crippen molar-refractivity contribution in [3.63, 3.8) is 0 Å². The van der Waals surface area contributed by atoms with E-state index in [1.807, 2.05) is 0 Å². The Morgan fingerprint density at radius 3 is 2.84 bits per heavy atom. The van der Waals surface area contributed by atoms with E-state index in [0.29, 0.717) is 18.7 Å². The highest BCUT2D eigenvalue weighted by atomic mass is 16.5. The van der Waals surface area contributed by atoms with Gasteiger partial charge in [-0.05, 0) is 18.6 Å². The predicted molar refractivity (Wildman–Crippen MR) is 67.1 cm³/mol. The van der Waals surface area contributed by atoms with Gasteiger partial charge in [-0.2, -0.15) is 0 Å². The number of rotatable bonds is 4. The van der Waals surface area contributed by atoms with E-state index >= 15 is 0 Å². The van der Waals surface area contributed by atoms with Crippen molar-refractivity contribution in [2.24, 2.45) is 5.41 Å². The van der Waals surface area contributed by atoms with Crippen molar-refractivity contribution in [1.29, 1.82) is 0 Å². The lowest BCUT2D eigenvalue weighted by molar-refractivity contribution is 0.0689. The van der Waals surface area contributed by atoms with Crippen molar-refractivity contribution in [3.8, 4) is 0 Å². The summed E-state index contributed by atoms with van der Waals surface area (Å²) in [6.45, 7) is 3.96. The number of hydrogen-bond acceptors (Lipinski definition) is 4. The lowest BCUT2D eigenvalue weighted by Gasteiger charge is -2.21. The largest absolute Gasteiger partial charge is 0.477 e. The summed E-state index contributed by atoms with van der Waals surface area (Å²) in [5.41, 5.74) is 0.254. The minimum absolute atomic E-state index is 0.0237. The summed E-state index contributed by atoms with van der Waals surface area (Å²) < 4.78 is 5.31. The first kappa shape index (κ1) is 13.5. The van der Waals surface area contributed by atoms with E-state index < -0.39 is 5.97 Å². The van der Waals surface area contributed by atoms with E-state index in [1.165, 1.54) is 18.3 Å².